The summed E-state index contributed by atoms with van der Waals surface area (Å²) < 4.78 is 20.8. The molecule has 0 spiro atoms. The van der Waals surface area contributed by atoms with E-state index in [-0.39, 0.29) is 38.4 Å². The van der Waals surface area contributed by atoms with Crippen LogP contribution in [0, 0.1) is 0 Å². The molecule has 0 aliphatic carbocycles. The Labute approximate surface area is 101 Å². The molecule has 0 aromatic rings. The number of rotatable bonds is 8. The maximum Gasteiger partial charge on any atom is 0.306 e. The maximum atomic E-state index is 11.6. The van der Waals surface area contributed by atoms with Crippen LogP contribution < -0.4 is 0 Å². The second-order valence-electron chi connectivity index (χ2n) is 3.40. The van der Waals surface area contributed by atoms with Crippen LogP contribution >= 0.6 is 7.37 Å². The van der Waals surface area contributed by atoms with Crippen LogP contribution in [0.4, 0.5) is 0 Å². The summed E-state index contributed by atoms with van der Waals surface area (Å²) in [5.74, 6) is -1.00. The lowest BCUT2D eigenvalue weighted by atomic mass is 10.5. The summed E-state index contributed by atoms with van der Waals surface area (Å²) in [5.41, 5.74) is 0. The van der Waals surface area contributed by atoms with E-state index in [9.17, 15) is 19.0 Å². The van der Waals surface area contributed by atoms with Gasteiger partial charge in [0.05, 0.1) is 26.1 Å². The average Bonchev–Trinajstić information content (AvgIpc) is 2.25. The van der Waals surface area contributed by atoms with Crippen molar-refractivity contribution >= 4 is 19.3 Å². The Hall–Kier alpha value is -0.870. The molecule has 100 valence electrons. The lowest BCUT2D eigenvalue weighted by Crippen LogP contribution is -2.10. The van der Waals surface area contributed by atoms with E-state index in [2.05, 4.69) is 9.47 Å². The van der Waals surface area contributed by atoms with Gasteiger partial charge in [0, 0.05) is 12.3 Å². The highest BCUT2D eigenvalue weighted by Crippen LogP contribution is 2.41. The van der Waals surface area contributed by atoms with Crippen molar-refractivity contribution < 1.29 is 28.5 Å². The van der Waals surface area contributed by atoms with E-state index in [1.165, 1.54) is 0 Å². The highest BCUT2D eigenvalue weighted by atomic mass is 31.2. The first-order valence-electron chi connectivity index (χ1n) is 5.53. The Balaban J connectivity index is 3.91. The second kappa shape index (κ2) is 8.25. The molecule has 0 bridgehead atoms. The van der Waals surface area contributed by atoms with Gasteiger partial charge in [-0.25, -0.2) is 0 Å². The molecule has 17 heavy (non-hydrogen) atoms. The van der Waals surface area contributed by atoms with Gasteiger partial charge >= 0.3 is 11.9 Å². The Morgan fingerprint density at radius 3 is 1.65 bits per heavy atom. The number of carbonyl (C=O) groups excluding carboxylic acids is 2. The minimum atomic E-state index is -3.45. The Bertz CT molecular complexity index is 275. The summed E-state index contributed by atoms with van der Waals surface area (Å²) in [4.78, 5) is 31.5. The predicted molar refractivity (Wildman–Crippen MR) is 62.1 cm³/mol. The summed E-state index contributed by atoms with van der Waals surface area (Å²) in [6, 6.07) is 0. The van der Waals surface area contributed by atoms with Gasteiger partial charge in [0.25, 0.3) is 0 Å². The Morgan fingerprint density at radius 2 is 1.35 bits per heavy atom. The molecule has 0 fully saturated rings. The molecule has 0 amide bonds. The zero-order valence-electron chi connectivity index (χ0n) is 10.2. The molecule has 0 unspecified atom stereocenters. The molecule has 0 saturated heterocycles. The topological polar surface area (TPSA) is 89.9 Å². The van der Waals surface area contributed by atoms with Crippen molar-refractivity contribution in [1.82, 2.24) is 0 Å². The van der Waals surface area contributed by atoms with E-state index in [1.54, 1.807) is 13.8 Å². The summed E-state index contributed by atoms with van der Waals surface area (Å²) in [6.07, 6.45) is -0.536. The molecule has 0 rings (SSSR count). The smallest absolute Gasteiger partial charge is 0.306 e. The molecule has 0 aliphatic heterocycles. The number of ether oxygens (including phenoxy) is 2. The maximum absolute atomic E-state index is 11.6. The van der Waals surface area contributed by atoms with Crippen molar-refractivity contribution in [3.63, 3.8) is 0 Å². The molecular weight excluding hydrogens is 247 g/mol. The van der Waals surface area contributed by atoms with Crippen LogP contribution in [0.15, 0.2) is 0 Å². The van der Waals surface area contributed by atoms with Crippen LogP contribution in [0.1, 0.15) is 26.7 Å². The van der Waals surface area contributed by atoms with Crippen molar-refractivity contribution in [3.8, 4) is 0 Å². The van der Waals surface area contributed by atoms with Crippen LogP contribution in [0.2, 0.25) is 0 Å². The normalized spacial score (nSPS) is 11.0. The number of hydrogen-bond donors (Lipinski definition) is 1. The van der Waals surface area contributed by atoms with Crippen LogP contribution in [0.3, 0.4) is 0 Å². The van der Waals surface area contributed by atoms with E-state index >= 15 is 0 Å². The number of esters is 2. The van der Waals surface area contributed by atoms with Crippen molar-refractivity contribution in [2.75, 3.05) is 25.5 Å². The molecule has 0 radical (unpaired) electrons. The van der Waals surface area contributed by atoms with Gasteiger partial charge in [-0.1, -0.05) is 0 Å². The fourth-order valence-corrected chi connectivity index (χ4v) is 2.40. The lowest BCUT2D eigenvalue weighted by Gasteiger charge is -2.10. The SMILES string of the molecule is CCOC(=O)CCP(=O)(O)CCC(=O)OCC. The molecular formula is C10H19O6P. The van der Waals surface area contributed by atoms with Crippen LogP contribution in [0.25, 0.3) is 0 Å². The highest BCUT2D eigenvalue weighted by Gasteiger charge is 2.21. The van der Waals surface area contributed by atoms with Gasteiger partial charge < -0.3 is 14.4 Å². The van der Waals surface area contributed by atoms with Crippen LogP contribution in [-0.4, -0.2) is 42.4 Å². The second-order valence-corrected chi connectivity index (χ2v) is 5.99. The molecule has 0 aromatic carbocycles. The third kappa shape index (κ3) is 8.89. The van der Waals surface area contributed by atoms with Gasteiger partial charge in [-0.15, -0.1) is 0 Å². The largest absolute Gasteiger partial charge is 0.466 e. The standard InChI is InChI=1S/C10H19O6P/c1-3-15-9(11)5-7-17(13,14)8-6-10(12)16-4-2/h3-8H2,1-2H3,(H,13,14). The molecule has 0 atom stereocenters. The van der Waals surface area contributed by atoms with E-state index in [0.29, 0.717) is 0 Å². The quantitative estimate of drug-likeness (QED) is 0.523. The minimum Gasteiger partial charge on any atom is -0.466 e. The molecule has 0 aliphatic rings. The zero-order chi connectivity index (χ0) is 13.3. The van der Waals surface area contributed by atoms with Crippen LogP contribution in [-0.2, 0) is 23.6 Å². The average molecular weight is 266 g/mol. The fraction of sp³-hybridized carbons (Fsp3) is 0.800. The molecule has 0 saturated carbocycles. The van der Waals surface area contributed by atoms with Crippen LogP contribution in [0.5, 0.6) is 0 Å². The molecule has 0 aromatic heterocycles. The molecule has 7 heteroatoms. The number of carbonyl (C=O) groups is 2. The van der Waals surface area contributed by atoms with Gasteiger partial charge in [0.15, 0.2) is 0 Å². The third-order valence-corrected chi connectivity index (χ3v) is 3.79. The summed E-state index contributed by atoms with van der Waals surface area (Å²) in [7, 11) is -3.45. The first kappa shape index (κ1) is 16.1. The summed E-state index contributed by atoms with van der Waals surface area (Å²) in [6.45, 7) is 3.82. The van der Waals surface area contributed by atoms with E-state index in [0.717, 1.165) is 0 Å². The summed E-state index contributed by atoms with van der Waals surface area (Å²) in [5, 5.41) is 0. The zero-order valence-corrected chi connectivity index (χ0v) is 11.1. The van der Waals surface area contributed by atoms with E-state index in [4.69, 9.17) is 0 Å². The molecule has 1 N–H and O–H groups in total. The van der Waals surface area contributed by atoms with Gasteiger partial charge in [-0.05, 0) is 13.8 Å². The van der Waals surface area contributed by atoms with Crippen molar-refractivity contribution in [2.45, 2.75) is 26.7 Å². The molecule has 6 nitrogen and oxygen atoms in total. The van der Waals surface area contributed by atoms with Crippen molar-refractivity contribution in [3.05, 3.63) is 0 Å². The van der Waals surface area contributed by atoms with Gasteiger partial charge in [-0.3, -0.25) is 14.2 Å². The third-order valence-electron chi connectivity index (χ3n) is 1.94. The molecule has 0 heterocycles. The van der Waals surface area contributed by atoms with Gasteiger partial charge in [0.2, 0.25) is 7.37 Å². The van der Waals surface area contributed by atoms with Crippen molar-refractivity contribution in [2.24, 2.45) is 0 Å². The van der Waals surface area contributed by atoms with E-state index in [1.807, 2.05) is 0 Å². The monoisotopic (exact) mass is 266 g/mol. The minimum absolute atomic E-state index is 0.107. The number of hydrogen-bond acceptors (Lipinski definition) is 5. The first-order chi connectivity index (χ1) is 7.91. The van der Waals surface area contributed by atoms with Gasteiger partial charge in [-0.2, -0.15) is 0 Å². The van der Waals surface area contributed by atoms with Crippen molar-refractivity contribution in [1.29, 1.82) is 0 Å². The summed E-state index contributed by atoms with van der Waals surface area (Å²) >= 11 is 0. The first-order valence-corrected chi connectivity index (χ1v) is 7.56. The highest BCUT2D eigenvalue weighted by molar-refractivity contribution is 7.58. The Morgan fingerprint density at radius 1 is 1.00 bits per heavy atom. The predicted octanol–water partition coefficient (Wildman–Crippen LogP) is 1.16. The fourth-order valence-electron chi connectivity index (χ4n) is 1.11. The Kier molecular flexibility index (Phi) is 7.83. The van der Waals surface area contributed by atoms with E-state index < -0.39 is 19.3 Å². The lowest BCUT2D eigenvalue weighted by molar-refractivity contribution is -0.143. The van der Waals surface area contributed by atoms with Gasteiger partial charge in [0.1, 0.15) is 0 Å².